The summed E-state index contributed by atoms with van der Waals surface area (Å²) >= 11 is 0. The molecule has 3 N–H and O–H groups in total. The number of Topliss-reactive ketones (excluding diaryl/α,β-unsaturated/α-hetero) is 1. The molecule has 2 aromatic rings. The molecule has 0 unspecified atom stereocenters. The van der Waals surface area contributed by atoms with Crippen molar-refractivity contribution in [2.24, 2.45) is 0 Å². The van der Waals surface area contributed by atoms with E-state index in [9.17, 15) is 20.1 Å². The Kier molecular flexibility index (Phi) is 3.41. The van der Waals surface area contributed by atoms with Crippen LogP contribution in [0.15, 0.2) is 30.3 Å². The Labute approximate surface area is 149 Å². The van der Waals surface area contributed by atoms with E-state index < -0.39 is 11.5 Å². The van der Waals surface area contributed by atoms with Gasteiger partial charge < -0.3 is 24.8 Å². The Balaban J connectivity index is 1.77. The fourth-order valence-corrected chi connectivity index (χ4v) is 3.34. The summed E-state index contributed by atoms with van der Waals surface area (Å²) < 4.78 is 11.4. The third-order valence-corrected chi connectivity index (χ3v) is 4.64. The number of carbonyl (C=O) groups is 1. The van der Waals surface area contributed by atoms with Crippen molar-refractivity contribution < 1.29 is 29.6 Å². The smallest absolute Gasteiger partial charge is 0.181 e. The van der Waals surface area contributed by atoms with Crippen molar-refractivity contribution in [2.45, 2.75) is 25.4 Å². The minimum Gasteiger partial charge on any atom is -0.508 e. The van der Waals surface area contributed by atoms with Crippen molar-refractivity contribution in [3.05, 3.63) is 47.0 Å². The maximum atomic E-state index is 12.9. The average molecular weight is 354 g/mol. The zero-order valence-electron chi connectivity index (χ0n) is 14.3. The van der Waals surface area contributed by atoms with Gasteiger partial charge in [-0.15, -0.1) is 0 Å². The molecule has 0 fully saturated rings. The molecule has 134 valence electrons. The van der Waals surface area contributed by atoms with E-state index in [1.165, 1.54) is 6.07 Å². The van der Waals surface area contributed by atoms with Gasteiger partial charge in [-0.05, 0) is 32.1 Å². The summed E-state index contributed by atoms with van der Waals surface area (Å²) in [6.07, 6.45) is 3.61. The van der Waals surface area contributed by atoms with Gasteiger partial charge in [0.25, 0.3) is 0 Å². The number of benzene rings is 2. The second-order valence-electron chi connectivity index (χ2n) is 7.02. The third kappa shape index (κ3) is 2.45. The second kappa shape index (κ2) is 5.42. The van der Waals surface area contributed by atoms with E-state index in [1.807, 2.05) is 19.9 Å². The Morgan fingerprint density at radius 1 is 1.12 bits per heavy atom. The van der Waals surface area contributed by atoms with Crippen LogP contribution in [0.1, 0.15) is 41.3 Å². The molecule has 0 aromatic heterocycles. The van der Waals surface area contributed by atoms with Crippen LogP contribution < -0.4 is 9.47 Å². The summed E-state index contributed by atoms with van der Waals surface area (Å²) in [7, 11) is 0. The zero-order chi connectivity index (χ0) is 18.6. The van der Waals surface area contributed by atoms with E-state index in [1.54, 1.807) is 18.2 Å². The van der Waals surface area contributed by atoms with Gasteiger partial charge in [0.1, 0.15) is 46.5 Å². The van der Waals surface area contributed by atoms with E-state index >= 15 is 0 Å². The number of phenols is 3. The summed E-state index contributed by atoms with van der Waals surface area (Å²) in [5.41, 5.74) is 0.441. The van der Waals surface area contributed by atoms with Crippen molar-refractivity contribution in [3.63, 3.8) is 0 Å². The first kappa shape index (κ1) is 16.3. The summed E-state index contributed by atoms with van der Waals surface area (Å²) in [6.45, 7) is 3.81. The normalized spacial score (nSPS) is 19.9. The number of carbonyl (C=O) groups excluding carboxylic acids is 1. The summed E-state index contributed by atoms with van der Waals surface area (Å²) in [5, 5.41) is 30.3. The second-order valence-corrected chi connectivity index (χ2v) is 7.02. The number of phenolic OH excluding ortho intramolecular Hbond substituents is 3. The van der Waals surface area contributed by atoms with Crippen LogP contribution in [0.3, 0.4) is 0 Å². The monoisotopic (exact) mass is 354 g/mol. The zero-order valence-corrected chi connectivity index (χ0v) is 14.3. The van der Waals surface area contributed by atoms with Gasteiger partial charge in [-0.1, -0.05) is 6.07 Å². The highest BCUT2D eigenvalue weighted by Gasteiger charge is 2.36. The van der Waals surface area contributed by atoms with E-state index in [0.717, 1.165) is 6.07 Å². The highest BCUT2D eigenvalue weighted by molar-refractivity contribution is 6.07. The number of ether oxygens (including phenoxy) is 2. The van der Waals surface area contributed by atoms with E-state index in [-0.39, 0.29) is 41.0 Å². The molecule has 4 rings (SSSR count). The van der Waals surface area contributed by atoms with Gasteiger partial charge >= 0.3 is 0 Å². The van der Waals surface area contributed by atoms with Crippen LogP contribution in [0.5, 0.6) is 28.7 Å². The lowest BCUT2D eigenvalue weighted by atomic mass is 9.86. The molecule has 0 amide bonds. The number of hydrogen-bond donors (Lipinski definition) is 3. The molecular formula is C20H18O6. The van der Waals surface area contributed by atoms with Crippen molar-refractivity contribution in [3.8, 4) is 28.7 Å². The number of aromatic hydroxyl groups is 3. The Morgan fingerprint density at radius 3 is 2.65 bits per heavy atom. The molecule has 26 heavy (non-hydrogen) atoms. The minimum absolute atomic E-state index is 0.00284. The van der Waals surface area contributed by atoms with Crippen molar-refractivity contribution in [1.82, 2.24) is 0 Å². The molecule has 1 atom stereocenters. The molecule has 0 saturated carbocycles. The predicted molar refractivity (Wildman–Crippen MR) is 94.2 cm³/mol. The quantitative estimate of drug-likeness (QED) is 0.727. The van der Waals surface area contributed by atoms with Crippen molar-refractivity contribution in [1.29, 1.82) is 0 Å². The predicted octanol–water partition coefficient (Wildman–Crippen LogP) is 3.35. The molecule has 0 saturated heterocycles. The first-order chi connectivity index (χ1) is 12.3. The van der Waals surface area contributed by atoms with Crippen LogP contribution in [0.25, 0.3) is 6.08 Å². The molecule has 2 heterocycles. The molecule has 2 aliphatic heterocycles. The standard InChI is InChI=1S/C20H18O6/c1-20(2)6-5-12-15(26-20)4-3-11(18(12)23)13-9-25-16-8-10(21)7-14(22)17(16)19(13)24/h3-8,13,21-23H,9H2,1-2H3/t13-/m1/s1. The van der Waals surface area contributed by atoms with E-state index in [0.29, 0.717) is 16.9 Å². The van der Waals surface area contributed by atoms with Gasteiger partial charge in [0.05, 0.1) is 11.5 Å². The topological polar surface area (TPSA) is 96.2 Å². The number of fused-ring (bicyclic) bond motifs is 2. The van der Waals surface area contributed by atoms with E-state index in [4.69, 9.17) is 9.47 Å². The Bertz CT molecular complexity index is 957. The van der Waals surface area contributed by atoms with Crippen LogP contribution in [0.4, 0.5) is 0 Å². The molecule has 0 bridgehead atoms. The maximum absolute atomic E-state index is 12.9. The molecule has 2 aromatic carbocycles. The van der Waals surface area contributed by atoms with Gasteiger partial charge in [0, 0.05) is 17.7 Å². The first-order valence-electron chi connectivity index (χ1n) is 8.24. The molecule has 6 heteroatoms. The molecule has 2 aliphatic rings. The third-order valence-electron chi connectivity index (χ3n) is 4.64. The summed E-state index contributed by atoms with van der Waals surface area (Å²) in [5.74, 6) is -1.06. The van der Waals surface area contributed by atoms with Gasteiger partial charge in [0.2, 0.25) is 0 Å². The van der Waals surface area contributed by atoms with Crippen LogP contribution in [0.2, 0.25) is 0 Å². The SMILES string of the molecule is CC1(C)C=Cc2c(ccc([C@H]3COc4cc(O)cc(O)c4C3=O)c2O)O1. The van der Waals surface area contributed by atoms with Gasteiger partial charge in [-0.3, -0.25) is 4.79 Å². The fourth-order valence-electron chi connectivity index (χ4n) is 3.34. The largest absolute Gasteiger partial charge is 0.508 e. The van der Waals surface area contributed by atoms with Gasteiger partial charge in [0.15, 0.2) is 5.78 Å². The molecule has 0 radical (unpaired) electrons. The van der Waals surface area contributed by atoms with Crippen molar-refractivity contribution >= 4 is 11.9 Å². The molecular weight excluding hydrogens is 336 g/mol. The van der Waals surface area contributed by atoms with Gasteiger partial charge in [-0.25, -0.2) is 0 Å². The Morgan fingerprint density at radius 2 is 1.88 bits per heavy atom. The highest BCUT2D eigenvalue weighted by Crippen LogP contribution is 2.45. The average Bonchev–Trinajstić information content (AvgIpc) is 2.54. The number of rotatable bonds is 1. The summed E-state index contributed by atoms with van der Waals surface area (Å²) in [6, 6.07) is 5.73. The molecule has 6 nitrogen and oxygen atoms in total. The lowest BCUT2D eigenvalue weighted by molar-refractivity contribution is 0.0889. The first-order valence-corrected chi connectivity index (χ1v) is 8.24. The van der Waals surface area contributed by atoms with Crippen LogP contribution in [-0.4, -0.2) is 33.3 Å². The van der Waals surface area contributed by atoms with Crippen LogP contribution >= 0.6 is 0 Å². The Hall–Kier alpha value is -3.15. The molecule has 0 aliphatic carbocycles. The van der Waals surface area contributed by atoms with E-state index in [2.05, 4.69) is 0 Å². The number of hydrogen-bond acceptors (Lipinski definition) is 6. The highest BCUT2D eigenvalue weighted by atomic mass is 16.5. The van der Waals surface area contributed by atoms with Crippen molar-refractivity contribution in [2.75, 3.05) is 6.61 Å². The minimum atomic E-state index is -0.772. The van der Waals surface area contributed by atoms with Gasteiger partial charge in [-0.2, -0.15) is 0 Å². The molecule has 0 spiro atoms. The number of ketones is 1. The summed E-state index contributed by atoms with van der Waals surface area (Å²) in [4.78, 5) is 12.9. The fraction of sp³-hybridized carbons (Fsp3) is 0.250. The van der Waals surface area contributed by atoms with Crippen LogP contribution in [0, 0.1) is 0 Å². The lowest BCUT2D eigenvalue weighted by Crippen LogP contribution is -2.28. The van der Waals surface area contributed by atoms with Crippen LogP contribution in [-0.2, 0) is 0 Å². The maximum Gasteiger partial charge on any atom is 0.181 e. The lowest BCUT2D eigenvalue weighted by Gasteiger charge is -2.30.